The fraction of sp³-hybridized carbons (Fsp3) is 0.154. The Hall–Kier alpha value is -3.03. The maximum Gasteiger partial charge on any atom is 0.339 e. The van der Waals surface area contributed by atoms with E-state index in [-0.39, 0.29) is 17.7 Å². The molecule has 0 saturated heterocycles. The lowest BCUT2D eigenvalue weighted by Crippen LogP contribution is -2.26. The van der Waals surface area contributed by atoms with Crippen LogP contribution in [0.5, 0.6) is 0 Å². The molecule has 106 valence electrons. The number of aromatic nitrogens is 5. The zero-order valence-corrected chi connectivity index (χ0v) is 11.1. The Morgan fingerprint density at radius 2 is 2.10 bits per heavy atom. The van der Waals surface area contributed by atoms with Gasteiger partial charge in [0.1, 0.15) is 11.1 Å². The van der Waals surface area contributed by atoms with Gasteiger partial charge in [-0.1, -0.05) is 17.3 Å². The molecule has 0 bridgehead atoms. The number of hydrogen-bond acceptors (Lipinski definition) is 5. The molecule has 0 fully saturated rings. The minimum atomic E-state index is -1.10. The molecule has 8 nitrogen and oxygen atoms in total. The molecule has 0 aliphatic heterocycles. The number of aryl methyl sites for hydroxylation is 1. The molecule has 0 amide bonds. The van der Waals surface area contributed by atoms with Crippen molar-refractivity contribution in [1.29, 1.82) is 0 Å². The van der Waals surface area contributed by atoms with Crippen LogP contribution in [0.3, 0.4) is 0 Å². The van der Waals surface area contributed by atoms with Crippen molar-refractivity contribution in [3.8, 4) is 0 Å². The fourth-order valence-corrected chi connectivity index (χ4v) is 2.10. The third kappa shape index (κ3) is 2.16. The second-order valence-corrected chi connectivity index (χ2v) is 4.50. The highest BCUT2D eigenvalue weighted by Gasteiger charge is 2.17. The molecule has 0 unspecified atom stereocenters. The second kappa shape index (κ2) is 4.82. The summed E-state index contributed by atoms with van der Waals surface area (Å²) >= 11 is 0. The first-order chi connectivity index (χ1) is 10.1. The number of aromatic carboxylic acids is 1. The van der Waals surface area contributed by atoms with E-state index in [2.05, 4.69) is 15.4 Å². The van der Waals surface area contributed by atoms with Gasteiger partial charge in [-0.15, -0.1) is 5.10 Å². The van der Waals surface area contributed by atoms with Gasteiger partial charge in [0.05, 0.1) is 23.8 Å². The van der Waals surface area contributed by atoms with E-state index in [1.807, 2.05) is 0 Å². The summed E-state index contributed by atoms with van der Waals surface area (Å²) in [6.07, 6.45) is 1.25. The summed E-state index contributed by atoms with van der Waals surface area (Å²) in [7, 11) is 1.61. The highest BCUT2D eigenvalue weighted by Crippen LogP contribution is 2.09. The van der Waals surface area contributed by atoms with Gasteiger partial charge in [0, 0.05) is 7.05 Å². The van der Waals surface area contributed by atoms with Gasteiger partial charge in [0.15, 0.2) is 0 Å². The molecule has 0 atom stereocenters. The van der Waals surface area contributed by atoms with Crippen molar-refractivity contribution in [2.24, 2.45) is 7.05 Å². The first kappa shape index (κ1) is 13.0. The van der Waals surface area contributed by atoms with E-state index in [9.17, 15) is 9.59 Å². The zero-order valence-electron chi connectivity index (χ0n) is 11.1. The van der Waals surface area contributed by atoms with Crippen LogP contribution in [0.2, 0.25) is 0 Å². The summed E-state index contributed by atoms with van der Waals surface area (Å²) in [6, 6.07) is 6.86. The quantitative estimate of drug-likeness (QED) is 0.741. The lowest BCUT2D eigenvalue weighted by molar-refractivity contribution is 0.0695. The van der Waals surface area contributed by atoms with Gasteiger partial charge >= 0.3 is 5.97 Å². The van der Waals surface area contributed by atoms with Gasteiger partial charge in [-0.25, -0.2) is 9.48 Å². The van der Waals surface area contributed by atoms with E-state index in [0.29, 0.717) is 16.6 Å². The Bertz CT molecular complexity index is 896. The summed E-state index contributed by atoms with van der Waals surface area (Å²) in [5, 5.41) is 21.3. The number of rotatable bonds is 3. The summed E-state index contributed by atoms with van der Waals surface area (Å²) in [5.74, 6) is -1.10. The Kier molecular flexibility index (Phi) is 2.98. The third-order valence-corrected chi connectivity index (χ3v) is 3.22. The van der Waals surface area contributed by atoms with Gasteiger partial charge in [-0.3, -0.25) is 9.48 Å². The Morgan fingerprint density at radius 3 is 2.86 bits per heavy atom. The topological polar surface area (TPSA) is 103 Å². The van der Waals surface area contributed by atoms with Gasteiger partial charge < -0.3 is 5.11 Å². The van der Waals surface area contributed by atoms with Gasteiger partial charge in [0.2, 0.25) is 0 Å². The van der Waals surface area contributed by atoms with E-state index in [1.165, 1.54) is 10.9 Å². The van der Waals surface area contributed by atoms with E-state index < -0.39 is 5.97 Å². The molecule has 1 N–H and O–H groups in total. The minimum Gasteiger partial charge on any atom is -0.478 e. The zero-order chi connectivity index (χ0) is 15.0. The lowest BCUT2D eigenvalue weighted by atomic mass is 10.2. The largest absolute Gasteiger partial charge is 0.478 e. The van der Waals surface area contributed by atoms with Crippen LogP contribution in [0.15, 0.2) is 35.3 Å². The van der Waals surface area contributed by atoms with Crippen LogP contribution in [0.4, 0.5) is 0 Å². The number of hydrogen-bond donors (Lipinski definition) is 1. The molecule has 3 aromatic rings. The molecule has 1 aromatic carbocycles. The summed E-state index contributed by atoms with van der Waals surface area (Å²) in [6.45, 7) is -0.00516. The molecule has 8 heteroatoms. The molecule has 0 spiro atoms. The normalized spacial score (nSPS) is 10.9. The monoisotopic (exact) mass is 285 g/mol. The predicted octanol–water partition coefficient (Wildman–Crippen LogP) is 0.271. The average Bonchev–Trinajstić information content (AvgIpc) is 2.84. The molecule has 2 heterocycles. The lowest BCUT2D eigenvalue weighted by Gasteiger charge is -2.06. The molecule has 0 radical (unpaired) electrons. The summed E-state index contributed by atoms with van der Waals surface area (Å²) < 4.78 is 2.54. The summed E-state index contributed by atoms with van der Waals surface area (Å²) in [5.41, 5.74) is 0.605. The number of benzene rings is 1. The molecule has 0 saturated carbocycles. The summed E-state index contributed by atoms with van der Waals surface area (Å²) in [4.78, 5) is 23.5. The third-order valence-electron chi connectivity index (χ3n) is 3.22. The Balaban J connectivity index is 2.11. The average molecular weight is 285 g/mol. The van der Waals surface area contributed by atoms with Gasteiger partial charge in [-0.05, 0) is 12.1 Å². The predicted molar refractivity (Wildman–Crippen MR) is 73.1 cm³/mol. The minimum absolute atomic E-state index is 0.00516. The molecule has 0 aliphatic rings. The maximum atomic E-state index is 12.3. The van der Waals surface area contributed by atoms with Crippen molar-refractivity contribution >= 4 is 16.9 Å². The molecule has 3 rings (SSSR count). The van der Waals surface area contributed by atoms with Gasteiger partial charge in [-0.2, -0.15) is 5.10 Å². The van der Waals surface area contributed by atoms with Crippen molar-refractivity contribution in [3.05, 3.63) is 52.1 Å². The van der Waals surface area contributed by atoms with Crippen LogP contribution in [0, 0.1) is 0 Å². The molecular weight excluding hydrogens is 274 g/mol. The number of carboxylic acid groups (broad SMARTS) is 1. The van der Waals surface area contributed by atoms with E-state index >= 15 is 0 Å². The number of carboxylic acids is 1. The second-order valence-electron chi connectivity index (χ2n) is 4.50. The Labute approximate surface area is 118 Å². The van der Waals surface area contributed by atoms with Crippen LogP contribution >= 0.6 is 0 Å². The first-order valence-corrected chi connectivity index (χ1v) is 6.14. The molecular formula is C13H11N5O3. The van der Waals surface area contributed by atoms with Crippen LogP contribution < -0.4 is 5.56 Å². The smallest absolute Gasteiger partial charge is 0.339 e. The van der Waals surface area contributed by atoms with Crippen molar-refractivity contribution in [1.82, 2.24) is 24.8 Å². The standard InChI is InChI=1S/C13H11N5O3/c1-17-11(9(6-14-17)13(20)21)7-18-12(19)8-4-2-3-5-10(8)15-16-18/h2-6H,7H2,1H3,(H,20,21). The van der Waals surface area contributed by atoms with E-state index in [1.54, 1.807) is 31.3 Å². The highest BCUT2D eigenvalue weighted by molar-refractivity contribution is 5.88. The first-order valence-electron chi connectivity index (χ1n) is 6.14. The fourth-order valence-electron chi connectivity index (χ4n) is 2.10. The number of fused-ring (bicyclic) bond motifs is 1. The van der Waals surface area contributed by atoms with Gasteiger partial charge in [0.25, 0.3) is 5.56 Å². The van der Waals surface area contributed by atoms with Crippen molar-refractivity contribution < 1.29 is 9.90 Å². The van der Waals surface area contributed by atoms with E-state index in [0.717, 1.165) is 4.68 Å². The molecule has 2 aromatic heterocycles. The van der Waals surface area contributed by atoms with Crippen LogP contribution in [-0.4, -0.2) is 35.9 Å². The number of nitrogens with zero attached hydrogens (tertiary/aromatic N) is 5. The Morgan fingerprint density at radius 1 is 1.33 bits per heavy atom. The SMILES string of the molecule is Cn1ncc(C(=O)O)c1Cn1nnc2ccccc2c1=O. The molecule has 21 heavy (non-hydrogen) atoms. The van der Waals surface area contributed by atoms with E-state index in [4.69, 9.17) is 5.11 Å². The van der Waals surface area contributed by atoms with Crippen LogP contribution in [0.1, 0.15) is 16.1 Å². The maximum absolute atomic E-state index is 12.3. The highest BCUT2D eigenvalue weighted by atomic mass is 16.4. The van der Waals surface area contributed by atoms with Crippen molar-refractivity contribution in [2.75, 3.05) is 0 Å². The van der Waals surface area contributed by atoms with Crippen molar-refractivity contribution in [3.63, 3.8) is 0 Å². The van der Waals surface area contributed by atoms with Crippen molar-refractivity contribution in [2.45, 2.75) is 6.54 Å². The van der Waals surface area contributed by atoms with Crippen LogP contribution in [0.25, 0.3) is 10.9 Å². The molecule has 0 aliphatic carbocycles. The van der Waals surface area contributed by atoms with Crippen LogP contribution in [-0.2, 0) is 13.6 Å². The number of carbonyl (C=O) groups is 1.